The number of piperidine rings is 1. The first kappa shape index (κ1) is 15.0. The monoisotopic (exact) mass is 256 g/mol. The molecule has 0 saturated carbocycles. The Morgan fingerprint density at radius 1 is 1.44 bits per heavy atom. The number of hydrazone groups is 1. The fourth-order valence-corrected chi connectivity index (χ4v) is 1.85. The van der Waals surface area contributed by atoms with Crippen molar-refractivity contribution in [1.29, 1.82) is 0 Å². The van der Waals surface area contributed by atoms with Gasteiger partial charge in [0, 0.05) is 13.1 Å². The number of carbonyl (C=O) groups excluding carboxylic acids is 1. The summed E-state index contributed by atoms with van der Waals surface area (Å²) in [7, 11) is 0. The topological polar surface area (TPSA) is 62.1 Å². The highest BCUT2D eigenvalue weighted by Crippen LogP contribution is 2.18. The van der Waals surface area contributed by atoms with Gasteiger partial charge in [-0.3, -0.25) is 5.01 Å². The minimum absolute atomic E-state index is 0.255. The van der Waals surface area contributed by atoms with Gasteiger partial charge in [-0.05, 0) is 32.1 Å². The van der Waals surface area contributed by atoms with Gasteiger partial charge in [0.25, 0.3) is 0 Å². The molecule has 1 heterocycles. The van der Waals surface area contributed by atoms with Crippen LogP contribution >= 0.6 is 0 Å². The van der Waals surface area contributed by atoms with Crippen LogP contribution in [0.1, 0.15) is 40.0 Å². The van der Waals surface area contributed by atoms with Gasteiger partial charge >= 0.3 is 5.97 Å². The molecule has 1 rings (SSSR count). The maximum Gasteiger partial charge on any atom is 0.344 e. The van der Waals surface area contributed by atoms with Gasteiger partial charge in [0.05, 0.1) is 12.8 Å². The number of rotatable bonds is 5. The van der Waals surface area contributed by atoms with Crippen molar-refractivity contribution in [3.8, 4) is 0 Å². The molecule has 1 unspecified atom stereocenters. The maximum absolute atomic E-state index is 11.8. The van der Waals surface area contributed by atoms with Gasteiger partial charge < -0.3 is 9.84 Å². The van der Waals surface area contributed by atoms with E-state index in [9.17, 15) is 9.90 Å². The first-order valence-electron chi connectivity index (χ1n) is 6.70. The third kappa shape index (κ3) is 3.70. The molecule has 1 aliphatic rings. The fraction of sp³-hybridized carbons (Fsp3) is 0.846. The van der Waals surface area contributed by atoms with Gasteiger partial charge in [0.2, 0.25) is 5.60 Å². The Hall–Kier alpha value is -1.10. The Labute approximate surface area is 109 Å². The van der Waals surface area contributed by atoms with Crippen molar-refractivity contribution in [2.75, 3.05) is 19.7 Å². The molecule has 104 valence electrons. The van der Waals surface area contributed by atoms with Gasteiger partial charge in [-0.25, -0.2) is 4.79 Å². The Morgan fingerprint density at radius 3 is 2.56 bits per heavy atom. The fourth-order valence-electron chi connectivity index (χ4n) is 1.85. The third-order valence-electron chi connectivity index (χ3n) is 3.23. The zero-order valence-electron chi connectivity index (χ0n) is 11.6. The normalized spacial score (nSPS) is 20.2. The van der Waals surface area contributed by atoms with E-state index >= 15 is 0 Å². The maximum atomic E-state index is 11.8. The molecule has 18 heavy (non-hydrogen) atoms. The predicted octanol–water partition coefficient (Wildman–Crippen LogP) is 1.41. The third-order valence-corrected chi connectivity index (χ3v) is 3.23. The van der Waals surface area contributed by atoms with Crippen LogP contribution < -0.4 is 0 Å². The lowest BCUT2D eigenvalue weighted by Gasteiger charge is -2.28. The molecule has 0 aliphatic carbocycles. The van der Waals surface area contributed by atoms with Crippen LogP contribution in [0.15, 0.2) is 5.10 Å². The number of nitrogens with zero attached hydrogens (tertiary/aromatic N) is 2. The van der Waals surface area contributed by atoms with Crippen LogP contribution in [0.25, 0.3) is 0 Å². The van der Waals surface area contributed by atoms with Crippen LogP contribution in [0.5, 0.6) is 0 Å². The average Bonchev–Trinajstić information content (AvgIpc) is 2.37. The summed E-state index contributed by atoms with van der Waals surface area (Å²) in [6, 6.07) is 0. The zero-order chi connectivity index (χ0) is 13.6. The highest BCUT2D eigenvalue weighted by Gasteiger charge is 2.39. The molecule has 0 radical (unpaired) electrons. The van der Waals surface area contributed by atoms with Crippen molar-refractivity contribution >= 4 is 12.2 Å². The molecular formula is C13H24N2O3. The van der Waals surface area contributed by atoms with E-state index in [1.165, 1.54) is 12.6 Å². The number of hydrogen-bond donors (Lipinski definition) is 1. The van der Waals surface area contributed by atoms with E-state index < -0.39 is 11.6 Å². The van der Waals surface area contributed by atoms with E-state index in [2.05, 4.69) is 5.10 Å². The second-order valence-corrected chi connectivity index (χ2v) is 4.96. The van der Waals surface area contributed by atoms with Gasteiger partial charge in [0.1, 0.15) is 0 Å². The molecule has 5 nitrogen and oxygen atoms in total. The molecule has 1 saturated heterocycles. The Balaban J connectivity index is 2.71. The SMILES string of the molecule is CCOC(=O)C(O)(/C=N/N1CCCCC1)C(C)C. The summed E-state index contributed by atoms with van der Waals surface area (Å²) >= 11 is 0. The minimum atomic E-state index is -1.63. The van der Waals surface area contributed by atoms with Crippen molar-refractivity contribution in [3.63, 3.8) is 0 Å². The van der Waals surface area contributed by atoms with E-state index in [0.29, 0.717) is 0 Å². The second kappa shape index (κ2) is 6.73. The molecule has 0 aromatic rings. The van der Waals surface area contributed by atoms with Crippen molar-refractivity contribution in [3.05, 3.63) is 0 Å². The van der Waals surface area contributed by atoms with Gasteiger partial charge in [-0.1, -0.05) is 13.8 Å². The number of hydrogen-bond acceptors (Lipinski definition) is 5. The van der Waals surface area contributed by atoms with Gasteiger partial charge in [0.15, 0.2) is 0 Å². The van der Waals surface area contributed by atoms with Crippen molar-refractivity contribution in [1.82, 2.24) is 5.01 Å². The minimum Gasteiger partial charge on any atom is -0.464 e. The summed E-state index contributed by atoms with van der Waals surface area (Å²) in [6.07, 6.45) is 4.77. The zero-order valence-corrected chi connectivity index (χ0v) is 11.6. The lowest BCUT2D eigenvalue weighted by Crippen LogP contribution is -2.47. The Kier molecular flexibility index (Phi) is 5.59. The first-order chi connectivity index (χ1) is 8.50. The summed E-state index contributed by atoms with van der Waals surface area (Å²) in [5.41, 5.74) is -1.63. The molecule has 1 aliphatic heterocycles. The molecule has 0 aromatic heterocycles. The Bertz CT molecular complexity index is 299. The summed E-state index contributed by atoms with van der Waals surface area (Å²) < 4.78 is 4.91. The molecular weight excluding hydrogens is 232 g/mol. The second-order valence-electron chi connectivity index (χ2n) is 4.96. The van der Waals surface area contributed by atoms with Gasteiger partial charge in [-0.2, -0.15) is 5.10 Å². The molecule has 1 N–H and O–H groups in total. The molecule has 1 atom stereocenters. The van der Waals surface area contributed by atoms with Crippen LogP contribution in [0.2, 0.25) is 0 Å². The van der Waals surface area contributed by atoms with Crippen LogP contribution in [-0.2, 0) is 9.53 Å². The van der Waals surface area contributed by atoms with E-state index in [0.717, 1.165) is 25.9 Å². The smallest absolute Gasteiger partial charge is 0.344 e. The summed E-state index contributed by atoms with van der Waals surface area (Å²) in [4.78, 5) is 11.8. The largest absolute Gasteiger partial charge is 0.464 e. The lowest BCUT2D eigenvalue weighted by atomic mass is 9.92. The summed E-state index contributed by atoms with van der Waals surface area (Å²) in [5, 5.41) is 16.5. The molecule has 0 aromatic carbocycles. The standard InChI is InChI=1S/C13H24N2O3/c1-4-18-12(16)13(17,11(2)3)10-14-15-8-6-5-7-9-15/h10-11,17H,4-9H2,1-3H3/b14-10+. The average molecular weight is 256 g/mol. The quantitative estimate of drug-likeness (QED) is 0.597. The van der Waals surface area contributed by atoms with Crippen molar-refractivity contribution in [2.24, 2.45) is 11.0 Å². The summed E-state index contributed by atoms with van der Waals surface area (Å²) in [6.45, 7) is 7.30. The summed E-state index contributed by atoms with van der Waals surface area (Å²) in [5.74, 6) is -0.897. The van der Waals surface area contributed by atoms with Crippen LogP contribution in [0, 0.1) is 5.92 Å². The van der Waals surface area contributed by atoms with Crippen molar-refractivity contribution < 1.29 is 14.6 Å². The molecule has 0 amide bonds. The van der Waals surface area contributed by atoms with E-state index in [1.807, 2.05) is 5.01 Å². The molecule has 0 bridgehead atoms. The number of carbonyl (C=O) groups is 1. The van der Waals surface area contributed by atoms with Crippen molar-refractivity contribution in [2.45, 2.75) is 45.6 Å². The first-order valence-corrected chi connectivity index (χ1v) is 6.70. The van der Waals surface area contributed by atoms with Crippen LogP contribution in [0.4, 0.5) is 0 Å². The van der Waals surface area contributed by atoms with E-state index in [4.69, 9.17) is 4.74 Å². The number of ether oxygens (including phenoxy) is 1. The van der Waals surface area contributed by atoms with Crippen LogP contribution in [-0.4, -0.2) is 47.6 Å². The highest BCUT2D eigenvalue weighted by molar-refractivity contribution is 5.98. The van der Waals surface area contributed by atoms with E-state index in [-0.39, 0.29) is 12.5 Å². The molecule has 5 heteroatoms. The number of esters is 1. The van der Waals surface area contributed by atoms with E-state index in [1.54, 1.807) is 20.8 Å². The Morgan fingerprint density at radius 2 is 2.06 bits per heavy atom. The molecule has 0 spiro atoms. The van der Waals surface area contributed by atoms with Crippen LogP contribution in [0.3, 0.4) is 0 Å². The predicted molar refractivity (Wildman–Crippen MR) is 70.3 cm³/mol. The number of aliphatic hydroxyl groups is 1. The highest BCUT2D eigenvalue weighted by atomic mass is 16.5. The molecule has 1 fully saturated rings. The lowest BCUT2D eigenvalue weighted by molar-refractivity contribution is -0.160. The van der Waals surface area contributed by atoms with Gasteiger partial charge in [-0.15, -0.1) is 0 Å².